The van der Waals surface area contributed by atoms with Gasteiger partial charge in [0.15, 0.2) is 0 Å². The van der Waals surface area contributed by atoms with Crippen molar-refractivity contribution in [3.8, 4) is 0 Å². The zero-order chi connectivity index (χ0) is 13.1. The molecule has 0 aliphatic carbocycles. The summed E-state index contributed by atoms with van der Waals surface area (Å²) < 4.78 is 5.81. The molecule has 1 aliphatic rings. The minimum Gasteiger partial charge on any atom is -0.460 e. The van der Waals surface area contributed by atoms with Crippen LogP contribution in [0, 0.1) is 0 Å². The lowest BCUT2D eigenvalue weighted by atomic mass is 10.0. The Balaban J connectivity index is 1.54. The Labute approximate surface area is 114 Å². The van der Waals surface area contributed by atoms with Gasteiger partial charge in [0.1, 0.15) is 11.3 Å². The van der Waals surface area contributed by atoms with E-state index in [1.165, 1.54) is 31.2 Å². The molecule has 3 rings (SSSR count). The largest absolute Gasteiger partial charge is 0.460 e. The molecule has 1 unspecified atom stereocenters. The zero-order valence-corrected chi connectivity index (χ0v) is 11.6. The Morgan fingerprint density at radius 1 is 1.32 bits per heavy atom. The van der Waals surface area contributed by atoms with Crippen molar-refractivity contribution in [2.45, 2.75) is 31.8 Å². The Morgan fingerprint density at radius 2 is 2.21 bits per heavy atom. The number of furan rings is 1. The average molecular weight is 258 g/mol. The van der Waals surface area contributed by atoms with Gasteiger partial charge in [-0.2, -0.15) is 0 Å². The van der Waals surface area contributed by atoms with Crippen LogP contribution >= 0.6 is 0 Å². The fourth-order valence-electron chi connectivity index (χ4n) is 2.89. The van der Waals surface area contributed by atoms with Crippen LogP contribution < -0.4 is 5.32 Å². The second kappa shape index (κ2) is 5.76. The van der Waals surface area contributed by atoms with Crippen LogP contribution in [0.5, 0.6) is 0 Å². The monoisotopic (exact) mass is 258 g/mol. The molecule has 1 atom stereocenters. The fraction of sp³-hybridized carbons (Fsp3) is 0.500. The highest BCUT2D eigenvalue weighted by Crippen LogP contribution is 2.19. The molecule has 1 fully saturated rings. The summed E-state index contributed by atoms with van der Waals surface area (Å²) in [4.78, 5) is 2.47. The summed E-state index contributed by atoms with van der Waals surface area (Å²) in [7, 11) is 2.23. The molecule has 1 saturated heterocycles. The molecule has 19 heavy (non-hydrogen) atoms. The van der Waals surface area contributed by atoms with Crippen LogP contribution in [0.25, 0.3) is 11.0 Å². The molecule has 102 valence electrons. The molecule has 2 aromatic rings. The molecule has 1 N–H and O–H groups in total. The number of nitrogens with zero attached hydrogens (tertiary/aromatic N) is 1. The number of rotatable bonds is 4. The molecule has 0 radical (unpaired) electrons. The summed E-state index contributed by atoms with van der Waals surface area (Å²) in [6.07, 6.45) is 4.02. The van der Waals surface area contributed by atoms with E-state index < -0.39 is 0 Å². The summed E-state index contributed by atoms with van der Waals surface area (Å²) in [5, 5.41) is 4.72. The maximum Gasteiger partial charge on any atom is 0.134 e. The number of piperidine rings is 1. The lowest BCUT2D eigenvalue weighted by molar-refractivity contribution is 0.180. The lowest BCUT2D eigenvalue weighted by Crippen LogP contribution is -2.42. The molecule has 1 aromatic carbocycles. The average Bonchev–Trinajstić information content (AvgIpc) is 2.83. The number of benzene rings is 1. The summed E-state index contributed by atoms with van der Waals surface area (Å²) in [6.45, 7) is 3.10. The van der Waals surface area contributed by atoms with Crippen LogP contribution in [0.15, 0.2) is 34.7 Å². The summed E-state index contributed by atoms with van der Waals surface area (Å²) in [5.41, 5.74) is 0.981. The molecule has 0 amide bonds. The highest BCUT2D eigenvalue weighted by molar-refractivity contribution is 5.77. The number of hydrogen-bond donors (Lipinski definition) is 1. The van der Waals surface area contributed by atoms with Gasteiger partial charge in [0.25, 0.3) is 0 Å². The quantitative estimate of drug-likeness (QED) is 0.914. The predicted octanol–water partition coefficient (Wildman–Crippen LogP) is 3.01. The van der Waals surface area contributed by atoms with Crippen molar-refractivity contribution in [2.24, 2.45) is 0 Å². The number of likely N-dealkylation sites (tertiary alicyclic amines) is 1. The molecular formula is C16H22N2O. The predicted molar refractivity (Wildman–Crippen MR) is 78.2 cm³/mol. The second-order valence-electron chi connectivity index (χ2n) is 5.51. The molecule has 0 saturated carbocycles. The zero-order valence-electron chi connectivity index (χ0n) is 11.6. The van der Waals surface area contributed by atoms with Crippen molar-refractivity contribution >= 4 is 11.0 Å². The van der Waals surface area contributed by atoms with E-state index >= 15 is 0 Å². The summed E-state index contributed by atoms with van der Waals surface area (Å²) in [6, 6.07) is 11.0. The van der Waals surface area contributed by atoms with E-state index in [9.17, 15) is 0 Å². The Hall–Kier alpha value is -1.32. The highest BCUT2D eigenvalue weighted by Gasteiger charge is 2.18. The first-order chi connectivity index (χ1) is 9.33. The smallest absolute Gasteiger partial charge is 0.134 e. The molecular weight excluding hydrogens is 236 g/mol. The minimum atomic E-state index is 0.679. The van der Waals surface area contributed by atoms with Gasteiger partial charge in [0, 0.05) is 18.0 Å². The van der Waals surface area contributed by atoms with Crippen LogP contribution in [-0.2, 0) is 6.54 Å². The van der Waals surface area contributed by atoms with E-state index in [1.807, 2.05) is 18.2 Å². The third-order valence-corrected chi connectivity index (χ3v) is 4.08. The van der Waals surface area contributed by atoms with Crippen molar-refractivity contribution in [3.63, 3.8) is 0 Å². The van der Waals surface area contributed by atoms with E-state index in [1.54, 1.807) is 0 Å². The van der Waals surface area contributed by atoms with E-state index in [4.69, 9.17) is 4.42 Å². The van der Waals surface area contributed by atoms with Crippen molar-refractivity contribution in [1.82, 2.24) is 10.2 Å². The Kier molecular flexibility index (Phi) is 3.85. The van der Waals surface area contributed by atoms with Gasteiger partial charge >= 0.3 is 0 Å². The topological polar surface area (TPSA) is 28.4 Å². The van der Waals surface area contributed by atoms with Gasteiger partial charge in [0.05, 0.1) is 6.54 Å². The van der Waals surface area contributed by atoms with Crippen molar-refractivity contribution < 1.29 is 4.42 Å². The molecule has 1 aromatic heterocycles. The van der Waals surface area contributed by atoms with Crippen molar-refractivity contribution in [2.75, 3.05) is 20.1 Å². The summed E-state index contributed by atoms with van der Waals surface area (Å²) >= 11 is 0. The van der Waals surface area contributed by atoms with Gasteiger partial charge in [-0.05, 0) is 38.6 Å². The van der Waals surface area contributed by atoms with Gasteiger partial charge < -0.3 is 14.6 Å². The lowest BCUT2D eigenvalue weighted by Gasteiger charge is -2.32. The standard InChI is InChI=1S/C16H22N2O/c1-18-9-5-4-7-14(18)11-17-12-15-10-13-6-2-3-8-16(13)19-15/h2-3,6,8,10,14,17H,4-5,7,9,11-12H2,1H3. The number of para-hydroxylation sites is 1. The number of nitrogens with one attached hydrogen (secondary N) is 1. The molecule has 2 heterocycles. The van der Waals surface area contributed by atoms with E-state index in [-0.39, 0.29) is 0 Å². The van der Waals surface area contributed by atoms with Gasteiger partial charge in [0.2, 0.25) is 0 Å². The van der Waals surface area contributed by atoms with E-state index in [0.29, 0.717) is 6.04 Å². The fourth-order valence-corrected chi connectivity index (χ4v) is 2.89. The third kappa shape index (κ3) is 2.99. The van der Waals surface area contributed by atoms with Crippen molar-refractivity contribution in [3.05, 3.63) is 36.1 Å². The van der Waals surface area contributed by atoms with Gasteiger partial charge in [-0.1, -0.05) is 24.6 Å². The van der Waals surface area contributed by atoms with Crippen LogP contribution in [0.3, 0.4) is 0 Å². The first-order valence-electron chi connectivity index (χ1n) is 7.21. The molecule has 0 bridgehead atoms. The van der Waals surface area contributed by atoms with Gasteiger partial charge in [-0.3, -0.25) is 0 Å². The Bertz CT molecular complexity index is 501. The first-order valence-corrected chi connectivity index (χ1v) is 7.21. The van der Waals surface area contributed by atoms with Crippen LogP contribution in [0.1, 0.15) is 25.0 Å². The third-order valence-electron chi connectivity index (χ3n) is 4.08. The maximum absolute atomic E-state index is 5.81. The maximum atomic E-state index is 5.81. The minimum absolute atomic E-state index is 0.679. The van der Waals surface area contributed by atoms with Crippen molar-refractivity contribution in [1.29, 1.82) is 0 Å². The van der Waals surface area contributed by atoms with Gasteiger partial charge in [-0.15, -0.1) is 0 Å². The Morgan fingerprint density at radius 3 is 3.05 bits per heavy atom. The van der Waals surface area contributed by atoms with Gasteiger partial charge in [-0.25, -0.2) is 0 Å². The van der Waals surface area contributed by atoms with Crippen LogP contribution in [0.4, 0.5) is 0 Å². The second-order valence-corrected chi connectivity index (χ2v) is 5.51. The van der Waals surface area contributed by atoms with E-state index in [0.717, 1.165) is 24.4 Å². The molecule has 1 aliphatic heterocycles. The van der Waals surface area contributed by atoms with Crippen LogP contribution in [-0.4, -0.2) is 31.1 Å². The summed E-state index contributed by atoms with van der Waals surface area (Å²) in [5.74, 6) is 1.03. The molecule has 0 spiro atoms. The normalized spacial score (nSPS) is 21.0. The molecule has 3 nitrogen and oxygen atoms in total. The van der Waals surface area contributed by atoms with E-state index in [2.05, 4.69) is 29.4 Å². The number of hydrogen-bond acceptors (Lipinski definition) is 3. The number of fused-ring (bicyclic) bond motifs is 1. The molecule has 3 heteroatoms. The first kappa shape index (κ1) is 12.7. The van der Waals surface area contributed by atoms with Crippen LogP contribution in [0.2, 0.25) is 0 Å². The highest BCUT2D eigenvalue weighted by atomic mass is 16.3. The number of likely N-dealkylation sites (N-methyl/N-ethyl adjacent to an activating group) is 1. The SMILES string of the molecule is CN1CCCCC1CNCc1cc2ccccc2o1.